The summed E-state index contributed by atoms with van der Waals surface area (Å²) < 4.78 is 33.1. The predicted octanol–water partition coefficient (Wildman–Crippen LogP) is 2.41. The lowest BCUT2D eigenvalue weighted by Crippen LogP contribution is -2.41. The lowest BCUT2D eigenvalue weighted by atomic mass is 10.0. The van der Waals surface area contributed by atoms with Gasteiger partial charge in [-0.25, -0.2) is 8.42 Å². The third kappa shape index (κ3) is 4.17. The normalized spacial score (nSPS) is 16.0. The van der Waals surface area contributed by atoms with Crippen molar-refractivity contribution in [3.05, 3.63) is 29.5 Å². The third-order valence-corrected chi connectivity index (χ3v) is 6.93. The van der Waals surface area contributed by atoms with E-state index in [1.165, 1.54) is 17.1 Å². The topological polar surface area (TPSA) is 105 Å². The van der Waals surface area contributed by atoms with Crippen molar-refractivity contribution in [2.75, 3.05) is 26.3 Å². The first kappa shape index (κ1) is 19.9. The van der Waals surface area contributed by atoms with Crippen LogP contribution in [0, 0.1) is 0 Å². The number of primary amides is 1. The highest BCUT2D eigenvalue weighted by Crippen LogP contribution is 2.31. The first-order chi connectivity index (χ1) is 12.9. The summed E-state index contributed by atoms with van der Waals surface area (Å²) in [4.78, 5) is 14.8. The molecule has 27 heavy (non-hydrogen) atoms. The molecule has 0 saturated carbocycles. The number of nitrogens with one attached hydrogen (secondary N) is 1. The van der Waals surface area contributed by atoms with Crippen molar-refractivity contribution in [1.29, 1.82) is 0 Å². The predicted molar refractivity (Wildman–Crippen MR) is 104 cm³/mol. The average molecular weight is 394 g/mol. The van der Waals surface area contributed by atoms with Crippen molar-refractivity contribution in [3.8, 4) is 0 Å². The Balaban J connectivity index is 2.02. The number of rotatable bonds is 8. The highest BCUT2D eigenvalue weighted by Gasteiger charge is 2.33. The first-order valence-electron chi connectivity index (χ1n) is 9.47. The lowest BCUT2D eigenvalue weighted by molar-refractivity contribution is 0.0730. The zero-order valence-electron chi connectivity index (χ0n) is 15.7. The monoisotopic (exact) mass is 393 g/mol. The minimum atomic E-state index is -3.85. The number of hydrogen-bond donors (Lipinski definition) is 2. The SMILES string of the molecule is CCCCCCc1ccc2[nH]c(C(N)=O)c(S(=O)(=O)N3CCOCC3)c2c1. The summed E-state index contributed by atoms with van der Waals surface area (Å²) in [6.45, 7) is 3.39. The zero-order valence-corrected chi connectivity index (χ0v) is 16.5. The number of nitrogens with zero attached hydrogens (tertiary/aromatic N) is 1. The van der Waals surface area contributed by atoms with Crippen molar-refractivity contribution in [2.45, 2.75) is 43.9 Å². The fraction of sp³-hybridized carbons (Fsp3) is 0.526. The Morgan fingerprint density at radius 2 is 1.96 bits per heavy atom. The molecule has 3 N–H and O–H groups in total. The van der Waals surface area contributed by atoms with Crippen LogP contribution in [-0.2, 0) is 21.2 Å². The van der Waals surface area contributed by atoms with Gasteiger partial charge in [-0.2, -0.15) is 4.31 Å². The number of nitrogens with two attached hydrogens (primary N) is 1. The molecule has 1 aliphatic heterocycles. The van der Waals surface area contributed by atoms with Crippen LogP contribution in [0.15, 0.2) is 23.1 Å². The number of amides is 1. The Morgan fingerprint density at radius 3 is 2.63 bits per heavy atom. The number of carbonyl (C=O) groups is 1. The van der Waals surface area contributed by atoms with Crippen LogP contribution >= 0.6 is 0 Å². The number of H-pyrrole nitrogens is 1. The van der Waals surface area contributed by atoms with E-state index in [4.69, 9.17) is 10.5 Å². The van der Waals surface area contributed by atoms with E-state index >= 15 is 0 Å². The molecule has 8 heteroatoms. The molecule has 1 aliphatic rings. The van der Waals surface area contributed by atoms with E-state index in [1.54, 1.807) is 0 Å². The van der Waals surface area contributed by atoms with Gasteiger partial charge >= 0.3 is 0 Å². The molecule has 148 valence electrons. The fourth-order valence-electron chi connectivity index (χ4n) is 3.48. The van der Waals surface area contributed by atoms with Gasteiger partial charge in [0, 0.05) is 24.0 Å². The van der Waals surface area contributed by atoms with Crippen molar-refractivity contribution in [2.24, 2.45) is 5.73 Å². The highest BCUT2D eigenvalue weighted by atomic mass is 32.2. The Morgan fingerprint density at radius 1 is 1.22 bits per heavy atom. The van der Waals surface area contributed by atoms with Crippen molar-refractivity contribution < 1.29 is 17.9 Å². The number of fused-ring (bicyclic) bond motifs is 1. The second kappa shape index (κ2) is 8.41. The molecular weight excluding hydrogens is 366 g/mol. The molecule has 0 radical (unpaired) electrons. The van der Waals surface area contributed by atoms with Gasteiger partial charge in [0.05, 0.1) is 13.2 Å². The van der Waals surface area contributed by atoms with E-state index in [0.717, 1.165) is 24.8 Å². The maximum Gasteiger partial charge on any atom is 0.266 e. The molecule has 0 atom stereocenters. The molecule has 3 rings (SSSR count). The molecule has 1 aromatic carbocycles. The zero-order chi connectivity index (χ0) is 19.4. The number of unbranched alkanes of at least 4 members (excludes halogenated alkanes) is 3. The van der Waals surface area contributed by atoms with Gasteiger partial charge in [0.25, 0.3) is 5.91 Å². The van der Waals surface area contributed by atoms with Gasteiger partial charge in [-0.15, -0.1) is 0 Å². The quantitative estimate of drug-likeness (QED) is 0.672. The number of carbonyl (C=O) groups excluding carboxylic acids is 1. The molecule has 0 unspecified atom stereocenters. The number of sulfonamides is 1. The van der Waals surface area contributed by atoms with Gasteiger partial charge in [-0.1, -0.05) is 32.3 Å². The van der Waals surface area contributed by atoms with Crippen molar-refractivity contribution in [1.82, 2.24) is 9.29 Å². The maximum absolute atomic E-state index is 13.2. The van der Waals surface area contributed by atoms with Crippen LogP contribution in [0.2, 0.25) is 0 Å². The lowest BCUT2D eigenvalue weighted by Gasteiger charge is -2.26. The van der Waals surface area contributed by atoms with Crippen LogP contribution in [0.1, 0.15) is 48.7 Å². The standard InChI is InChI=1S/C19H27N3O4S/c1-2-3-4-5-6-14-7-8-16-15(13-14)18(17(21-16)19(20)23)27(24,25)22-9-11-26-12-10-22/h7-8,13,21H,2-6,9-12H2,1H3,(H2,20,23). The molecular formula is C19H27N3O4S. The number of benzene rings is 1. The molecule has 1 aromatic heterocycles. The van der Waals surface area contributed by atoms with Crippen LogP contribution in [0.3, 0.4) is 0 Å². The number of aromatic nitrogens is 1. The smallest absolute Gasteiger partial charge is 0.266 e. The molecule has 2 aromatic rings. The number of ether oxygens (including phenoxy) is 1. The highest BCUT2D eigenvalue weighted by molar-refractivity contribution is 7.89. The van der Waals surface area contributed by atoms with Gasteiger partial charge in [0.15, 0.2) is 0 Å². The third-order valence-electron chi connectivity index (χ3n) is 4.95. The van der Waals surface area contributed by atoms with Gasteiger partial charge in [-0.3, -0.25) is 4.79 Å². The fourth-order valence-corrected chi connectivity index (χ4v) is 5.23. The summed E-state index contributed by atoms with van der Waals surface area (Å²) >= 11 is 0. The molecule has 2 heterocycles. The van der Waals surface area contributed by atoms with E-state index in [0.29, 0.717) is 24.1 Å². The molecule has 1 saturated heterocycles. The number of morpholine rings is 1. The van der Waals surface area contributed by atoms with Crippen molar-refractivity contribution >= 4 is 26.8 Å². The number of aryl methyl sites for hydroxylation is 1. The minimum absolute atomic E-state index is 0.0118. The van der Waals surface area contributed by atoms with Gasteiger partial charge in [0.1, 0.15) is 10.6 Å². The average Bonchev–Trinajstić information content (AvgIpc) is 3.06. The van der Waals surface area contributed by atoms with E-state index in [9.17, 15) is 13.2 Å². The van der Waals surface area contributed by atoms with Crippen LogP contribution in [0.25, 0.3) is 10.9 Å². The second-order valence-electron chi connectivity index (χ2n) is 6.90. The van der Waals surface area contributed by atoms with Gasteiger partial charge < -0.3 is 15.5 Å². The molecule has 0 bridgehead atoms. The Hall–Kier alpha value is -1.90. The number of hydrogen-bond acceptors (Lipinski definition) is 4. The number of aromatic amines is 1. The first-order valence-corrected chi connectivity index (χ1v) is 10.9. The molecule has 1 fully saturated rings. The second-order valence-corrected chi connectivity index (χ2v) is 8.78. The van der Waals surface area contributed by atoms with E-state index in [2.05, 4.69) is 11.9 Å². The Bertz CT molecular complexity index is 914. The van der Waals surface area contributed by atoms with Gasteiger partial charge in [0.2, 0.25) is 10.0 Å². The molecule has 0 spiro atoms. The van der Waals surface area contributed by atoms with E-state index in [1.807, 2.05) is 18.2 Å². The summed E-state index contributed by atoms with van der Waals surface area (Å²) in [7, 11) is -3.85. The Kier molecular flexibility index (Phi) is 6.18. The van der Waals surface area contributed by atoms with Gasteiger partial charge in [-0.05, 0) is 30.5 Å². The molecule has 1 amide bonds. The summed E-state index contributed by atoms with van der Waals surface area (Å²) in [6.07, 6.45) is 5.44. The summed E-state index contributed by atoms with van der Waals surface area (Å²) in [5.74, 6) is -0.775. The Labute approximate surface area is 159 Å². The van der Waals surface area contributed by atoms with Crippen molar-refractivity contribution in [3.63, 3.8) is 0 Å². The summed E-state index contributed by atoms with van der Waals surface area (Å²) in [6, 6.07) is 5.67. The minimum Gasteiger partial charge on any atom is -0.379 e. The van der Waals surface area contributed by atoms with Crippen LogP contribution in [-0.4, -0.2) is 49.9 Å². The van der Waals surface area contributed by atoms with Crippen LogP contribution in [0.4, 0.5) is 0 Å². The van der Waals surface area contributed by atoms with Crippen LogP contribution in [0.5, 0.6) is 0 Å². The maximum atomic E-state index is 13.2. The van der Waals surface area contributed by atoms with E-state index < -0.39 is 15.9 Å². The largest absolute Gasteiger partial charge is 0.379 e. The summed E-state index contributed by atoms with van der Waals surface area (Å²) in [5.41, 5.74) is 7.09. The van der Waals surface area contributed by atoms with Crippen LogP contribution < -0.4 is 5.73 Å². The van der Waals surface area contributed by atoms with E-state index in [-0.39, 0.29) is 23.7 Å². The molecule has 7 nitrogen and oxygen atoms in total. The molecule has 0 aliphatic carbocycles. The summed E-state index contributed by atoms with van der Waals surface area (Å²) in [5, 5.41) is 0.531.